The van der Waals surface area contributed by atoms with E-state index in [-0.39, 0.29) is 5.92 Å². The average molecular weight is 285 g/mol. The summed E-state index contributed by atoms with van der Waals surface area (Å²) in [6, 6.07) is 8.57. The Balaban J connectivity index is 1.87. The molecular formula is C16H19N3S. The summed E-state index contributed by atoms with van der Waals surface area (Å²) < 4.78 is 0. The van der Waals surface area contributed by atoms with Gasteiger partial charge in [0.1, 0.15) is 16.7 Å². The third-order valence-corrected chi connectivity index (χ3v) is 4.46. The minimum Gasteiger partial charge on any atom is -0.384 e. The fourth-order valence-electron chi connectivity index (χ4n) is 2.50. The summed E-state index contributed by atoms with van der Waals surface area (Å²) in [5, 5.41) is 0.930. The largest absolute Gasteiger partial charge is 0.384 e. The third-order valence-electron chi connectivity index (χ3n) is 3.55. The van der Waals surface area contributed by atoms with Crippen LogP contribution in [0.2, 0.25) is 0 Å². The van der Waals surface area contributed by atoms with E-state index in [4.69, 9.17) is 5.73 Å². The van der Waals surface area contributed by atoms with Gasteiger partial charge in [0, 0.05) is 16.9 Å². The van der Waals surface area contributed by atoms with Gasteiger partial charge in [0.05, 0.1) is 0 Å². The zero-order valence-electron chi connectivity index (χ0n) is 11.9. The Morgan fingerprint density at radius 3 is 2.70 bits per heavy atom. The lowest BCUT2D eigenvalue weighted by molar-refractivity contribution is 0.756. The summed E-state index contributed by atoms with van der Waals surface area (Å²) in [7, 11) is 0. The number of anilines is 1. The van der Waals surface area contributed by atoms with Crippen LogP contribution in [0.4, 0.5) is 5.82 Å². The molecule has 0 atom stereocenters. The molecule has 104 valence electrons. The van der Waals surface area contributed by atoms with Gasteiger partial charge in [0.25, 0.3) is 0 Å². The van der Waals surface area contributed by atoms with E-state index in [1.807, 2.05) is 6.07 Å². The Labute approximate surface area is 124 Å². The van der Waals surface area contributed by atoms with Gasteiger partial charge < -0.3 is 5.73 Å². The third kappa shape index (κ3) is 2.80. The molecule has 0 bridgehead atoms. The summed E-state index contributed by atoms with van der Waals surface area (Å²) in [4.78, 5) is 10.1. The zero-order valence-corrected chi connectivity index (χ0v) is 12.7. The van der Waals surface area contributed by atoms with Gasteiger partial charge >= 0.3 is 0 Å². The van der Waals surface area contributed by atoms with E-state index in [2.05, 4.69) is 42.0 Å². The van der Waals surface area contributed by atoms with Crippen molar-refractivity contribution in [1.29, 1.82) is 0 Å². The standard InChI is InChI=1S/C16H19N3S/c1-10(2)16-18-14(17)9-15(19-16)20-13-7-6-11-4-3-5-12(11)8-13/h6-10H,3-5H2,1-2H3,(H2,17,18,19). The minimum atomic E-state index is 0.290. The van der Waals surface area contributed by atoms with Crippen LogP contribution in [0, 0.1) is 0 Å². The molecule has 1 aromatic heterocycles. The number of fused-ring (bicyclic) bond motifs is 1. The van der Waals surface area contributed by atoms with Crippen molar-refractivity contribution in [2.75, 3.05) is 5.73 Å². The van der Waals surface area contributed by atoms with E-state index >= 15 is 0 Å². The molecule has 2 aromatic rings. The van der Waals surface area contributed by atoms with E-state index in [1.54, 1.807) is 11.8 Å². The van der Waals surface area contributed by atoms with E-state index in [0.29, 0.717) is 5.82 Å². The fraction of sp³-hybridized carbons (Fsp3) is 0.375. The lowest BCUT2D eigenvalue weighted by Gasteiger charge is -2.08. The molecule has 0 amide bonds. The van der Waals surface area contributed by atoms with Crippen molar-refractivity contribution in [3.05, 3.63) is 41.2 Å². The van der Waals surface area contributed by atoms with Crippen molar-refractivity contribution in [2.45, 2.75) is 48.9 Å². The SMILES string of the molecule is CC(C)c1nc(N)cc(Sc2ccc3c(c2)CCC3)n1. The van der Waals surface area contributed by atoms with Gasteiger partial charge in [0.2, 0.25) is 0 Å². The second-order valence-corrected chi connectivity index (χ2v) is 6.62. The van der Waals surface area contributed by atoms with Gasteiger partial charge in [0.15, 0.2) is 0 Å². The van der Waals surface area contributed by atoms with Gasteiger partial charge in [-0.25, -0.2) is 9.97 Å². The Morgan fingerprint density at radius 1 is 1.10 bits per heavy atom. The van der Waals surface area contributed by atoms with Gasteiger partial charge in [-0.05, 0) is 42.5 Å². The zero-order chi connectivity index (χ0) is 14.1. The molecule has 1 aromatic carbocycles. The van der Waals surface area contributed by atoms with Crippen LogP contribution in [0.1, 0.15) is 43.1 Å². The Kier molecular flexibility index (Phi) is 3.66. The Bertz CT molecular complexity index is 638. The lowest BCUT2D eigenvalue weighted by Crippen LogP contribution is -2.02. The van der Waals surface area contributed by atoms with Crippen LogP contribution in [-0.2, 0) is 12.8 Å². The van der Waals surface area contributed by atoms with E-state index in [9.17, 15) is 0 Å². The molecule has 0 fully saturated rings. The molecule has 0 aliphatic heterocycles. The number of benzene rings is 1. The molecule has 1 aliphatic rings. The number of nitrogens with zero attached hydrogens (tertiary/aromatic N) is 2. The molecule has 4 heteroatoms. The summed E-state index contributed by atoms with van der Waals surface area (Å²) in [6.45, 7) is 4.16. The molecule has 1 aliphatic carbocycles. The predicted octanol–water partition coefficient (Wildman–Crippen LogP) is 3.82. The highest BCUT2D eigenvalue weighted by atomic mass is 32.2. The predicted molar refractivity (Wildman–Crippen MR) is 83.1 cm³/mol. The van der Waals surface area contributed by atoms with Gasteiger partial charge in [-0.15, -0.1) is 0 Å². The van der Waals surface area contributed by atoms with Gasteiger partial charge in [-0.2, -0.15) is 0 Å². The first-order chi connectivity index (χ1) is 9.61. The molecule has 0 saturated heterocycles. The second kappa shape index (κ2) is 5.44. The van der Waals surface area contributed by atoms with Gasteiger partial charge in [-0.3, -0.25) is 0 Å². The van der Waals surface area contributed by atoms with Crippen LogP contribution >= 0.6 is 11.8 Å². The highest BCUT2D eigenvalue weighted by Gasteiger charge is 2.12. The topological polar surface area (TPSA) is 51.8 Å². The van der Waals surface area contributed by atoms with Crippen molar-refractivity contribution in [2.24, 2.45) is 0 Å². The first-order valence-electron chi connectivity index (χ1n) is 7.06. The van der Waals surface area contributed by atoms with E-state index in [0.717, 1.165) is 10.9 Å². The molecule has 2 N–H and O–H groups in total. The normalized spacial score (nSPS) is 13.8. The maximum absolute atomic E-state index is 5.88. The van der Waals surface area contributed by atoms with Crippen molar-refractivity contribution < 1.29 is 0 Å². The number of aromatic nitrogens is 2. The van der Waals surface area contributed by atoms with Crippen molar-refractivity contribution >= 4 is 17.6 Å². The molecular weight excluding hydrogens is 266 g/mol. The maximum Gasteiger partial charge on any atom is 0.134 e. The molecule has 3 rings (SSSR count). The van der Waals surface area contributed by atoms with Crippen LogP contribution in [-0.4, -0.2) is 9.97 Å². The number of hydrogen-bond donors (Lipinski definition) is 1. The molecule has 20 heavy (non-hydrogen) atoms. The molecule has 0 unspecified atom stereocenters. The molecule has 0 saturated carbocycles. The Morgan fingerprint density at radius 2 is 1.90 bits per heavy atom. The number of rotatable bonds is 3. The quantitative estimate of drug-likeness (QED) is 0.871. The summed E-state index contributed by atoms with van der Waals surface area (Å²) in [5.74, 6) is 1.65. The van der Waals surface area contributed by atoms with Crippen LogP contribution in [0.25, 0.3) is 0 Å². The minimum absolute atomic E-state index is 0.290. The van der Waals surface area contributed by atoms with E-state index in [1.165, 1.54) is 35.3 Å². The van der Waals surface area contributed by atoms with Crippen molar-refractivity contribution in [1.82, 2.24) is 9.97 Å². The number of nitrogens with two attached hydrogens (primary N) is 1. The van der Waals surface area contributed by atoms with Crippen LogP contribution in [0.5, 0.6) is 0 Å². The monoisotopic (exact) mass is 285 g/mol. The second-order valence-electron chi connectivity index (χ2n) is 5.53. The van der Waals surface area contributed by atoms with E-state index < -0.39 is 0 Å². The number of aryl methyl sites for hydroxylation is 2. The molecule has 1 heterocycles. The van der Waals surface area contributed by atoms with Crippen molar-refractivity contribution in [3.8, 4) is 0 Å². The fourth-order valence-corrected chi connectivity index (χ4v) is 3.40. The van der Waals surface area contributed by atoms with Crippen LogP contribution in [0.15, 0.2) is 34.2 Å². The smallest absolute Gasteiger partial charge is 0.134 e. The highest BCUT2D eigenvalue weighted by Crippen LogP contribution is 2.32. The number of nitrogen functional groups attached to an aromatic ring is 1. The molecule has 0 spiro atoms. The highest BCUT2D eigenvalue weighted by molar-refractivity contribution is 7.99. The summed E-state index contributed by atoms with van der Waals surface area (Å²) in [5.41, 5.74) is 8.86. The van der Waals surface area contributed by atoms with Gasteiger partial charge in [-0.1, -0.05) is 31.7 Å². The lowest BCUT2D eigenvalue weighted by atomic mass is 10.1. The summed E-state index contributed by atoms with van der Waals surface area (Å²) in [6.07, 6.45) is 3.70. The van der Waals surface area contributed by atoms with Crippen LogP contribution < -0.4 is 5.73 Å². The maximum atomic E-state index is 5.88. The first-order valence-corrected chi connectivity index (χ1v) is 7.87. The molecule has 0 radical (unpaired) electrons. The summed E-state index contributed by atoms with van der Waals surface area (Å²) >= 11 is 1.67. The Hall–Kier alpha value is -1.55. The average Bonchev–Trinajstić information content (AvgIpc) is 2.85. The number of hydrogen-bond acceptors (Lipinski definition) is 4. The molecule has 3 nitrogen and oxygen atoms in total. The first kappa shape index (κ1) is 13.4. The van der Waals surface area contributed by atoms with Crippen molar-refractivity contribution in [3.63, 3.8) is 0 Å². The van der Waals surface area contributed by atoms with Crippen LogP contribution in [0.3, 0.4) is 0 Å².